The van der Waals surface area contributed by atoms with Gasteiger partial charge in [-0.05, 0) is 121 Å². The summed E-state index contributed by atoms with van der Waals surface area (Å²) in [6, 6.07) is 76.5. The molecule has 262 valence electrons. The SMILES string of the molecule is c1ccc2cc(-c3ccc(N(c4ccc(-c5ccc6ccccc6c5)cc4)c4ccc(-c5cccc6oc7c8ccccc8ccc7c56)cc4)cc3)ccc2c1. The molecule has 0 aliphatic carbocycles. The van der Waals surface area contributed by atoms with Gasteiger partial charge in [-0.2, -0.15) is 0 Å². The van der Waals surface area contributed by atoms with Crippen molar-refractivity contribution >= 4 is 71.3 Å². The molecule has 1 heterocycles. The molecule has 11 aromatic rings. The molecule has 0 N–H and O–H groups in total. The summed E-state index contributed by atoms with van der Waals surface area (Å²) in [5, 5.41) is 9.59. The minimum atomic E-state index is 0.901. The lowest BCUT2D eigenvalue weighted by atomic mass is 9.97. The first-order valence-corrected chi connectivity index (χ1v) is 19.2. The van der Waals surface area contributed by atoms with Gasteiger partial charge in [0.25, 0.3) is 0 Å². The van der Waals surface area contributed by atoms with Crippen molar-refractivity contribution in [1.82, 2.24) is 0 Å². The van der Waals surface area contributed by atoms with Gasteiger partial charge in [0.1, 0.15) is 11.2 Å². The van der Waals surface area contributed by atoms with Gasteiger partial charge in [-0.25, -0.2) is 0 Å². The third kappa shape index (κ3) is 5.51. The molecule has 0 unspecified atom stereocenters. The maximum Gasteiger partial charge on any atom is 0.143 e. The number of nitrogens with zero attached hydrogens (tertiary/aromatic N) is 1. The fraction of sp³-hybridized carbons (Fsp3) is 0. The second kappa shape index (κ2) is 13.2. The summed E-state index contributed by atoms with van der Waals surface area (Å²) in [5.41, 5.74) is 12.2. The summed E-state index contributed by atoms with van der Waals surface area (Å²) in [4.78, 5) is 2.35. The zero-order valence-corrected chi connectivity index (χ0v) is 30.6. The summed E-state index contributed by atoms with van der Waals surface area (Å²) in [5.74, 6) is 0. The Morgan fingerprint density at radius 2 is 0.768 bits per heavy atom. The van der Waals surface area contributed by atoms with E-state index in [-0.39, 0.29) is 0 Å². The minimum Gasteiger partial charge on any atom is -0.455 e. The van der Waals surface area contributed by atoms with Crippen molar-refractivity contribution < 1.29 is 4.42 Å². The van der Waals surface area contributed by atoms with Gasteiger partial charge >= 0.3 is 0 Å². The van der Waals surface area contributed by atoms with Crippen LogP contribution in [0.15, 0.2) is 217 Å². The lowest BCUT2D eigenvalue weighted by molar-refractivity contribution is 0.673. The fourth-order valence-electron chi connectivity index (χ4n) is 8.38. The molecule has 0 spiro atoms. The summed E-state index contributed by atoms with van der Waals surface area (Å²) in [7, 11) is 0. The Morgan fingerprint density at radius 3 is 1.34 bits per heavy atom. The van der Waals surface area contributed by atoms with Crippen LogP contribution in [0.5, 0.6) is 0 Å². The van der Waals surface area contributed by atoms with Crippen molar-refractivity contribution in [3.8, 4) is 33.4 Å². The van der Waals surface area contributed by atoms with Crippen molar-refractivity contribution in [2.45, 2.75) is 0 Å². The molecule has 11 rings (SSSR count). The van der Waals surface area contributed by atoms with E-state index < -0.39 is 0 Å². The topological polar surface area (TPSA) is 16.4 Å². The smallest absolute Gasteiger partial charge is 0.143 e. The van der Waals surface area contributed by atoms with Crippen molar-refractivity contribution in [2.75, 3.05) is 4.90 Å². The van der Waals surface area contributed by atoms with E-state index in [1.165, 1.54) is 49.2 Å². The number of rotatable bonds is 6. The van der Waals surface area contributed by atoms with E-state index in [2.05, 4.69) is 217 Å². The Hall–Kier alpha value is -7.42. The standard InChI is InChI=1S/C54H35NO/c1-3-11-42-34-44(18-16-36(42)8-1)38-20-27-46(28-21-38)55(47-29-22-39(23-30-47)45-19-17-37-9-2-4-12-43(37)35-45)48-31-24-41(25-32-48)49-14-7-15-52-53(49)51-33-26-40-10-5-6-13-50(40)54(51)56-52/h1-35H. The lowest BCUT2D eigenvalue weighted by Crippen LogP contribution is -2.09. The Morgan fingerprint density at radius 1 is 0.304 bits per heavy atom. The van der Waals surface area contributed by atoms with Gasteiger partial charge < -0.3 is 9.32 Å². The maximum atomic E-state index is 6.52. The van der Waals surface area contributed by atoms with Crippen LogP contribution < -0.4 is 4.90 Å². The Bertz CT molecular complexity index is 3110. The molecule has 2 heteroatoms. The first-order valence-electron chi connectivity index (χ1n) is 19.2. The van der Waals surface area contributed by atoms with Crippen LogP contribution in [0.2, 0.25) is 0 Å². The van der Waals surface area contributed by atoms with Crippen molar-refractivity contribution in [2.24, 2.45) is 0 Å². The first-order chi connectivity index (χ1) is 27.7. The van der Waals surface area contributed by atoms with Crippen LogP contribution in [0.4, 0.5) is 17.1 Å². The van der Waals surface area contributed by atoms with Crippen LogP contribution in [0, 0.1) is 0 Å². The lowest BCUT2D eigenvalue weighted by Gasteiger charge is -2.26. The molecular formula is C54H35NO. The molecule has 0 saturated carbocycles. The molecule has 0 fully saturated rings. The molecular weight excluding hydrogens is 679 g/mol. The van der Waals surface area contributed by atoms with E-state index >= 15 is 0 Å². The van der Waals surface area contributed by atoms with E-state index in [4.69, 9.17) is 4.42 Å². The highest BCUT2D eigenvalue weighted by Crippen LogP contribution is 2.42. The molecule has 2 nitrogen and oxygen atoms in total. The van der Waals surface area contributed by atoms with Gasteiger partial charge in [0.2, 0.25) is 0 Å². The number of hydrogen-bond donors (Lipinski definition) is 0. The Labute approximate surface area is 325 Å². The first kappa shape index (κ1) is 32.0. The number of benzene rings is 10. The van der Waals surface area contributed by atoms with Gasteiger partial charge in [0, 0.05) is 33.2 Å². The summed E-state index contributed by atoms with van der Waals surface area (Å²) >= 11 is 0. The summed E-state index contributed by atoms with van der Waals surface area (Å²) in [6.07, 6.45) is 0. The second-order valence-electron chi connectivity index (χ2n) is 14.5. The monoisotopic (exact) mass is 713 g/mol. The van der Waals surface area contributed by atoms with Crippen molar-refractivity contribution in [3.05, 3.63) is 212 Å². The normalized spacial score (nSPS) is 11.6. The summed E-state index contributed by atoms with van der Waals surface area (Å²) < 4.78 is 6.52. The van der Waals surface area contributed by atoms with Crippen molar-refractivity contribution in [1.29, 1.82) is 0 Å². The molecule has 1 aromatic heterocycles. The highest BCUT2D eigenvalue weighted by molar-refractivity contribution is 6.19. The molecule has 0 radical (unpaired) electrons. The van der Waals surface area contributed by atoms with Gasteiger partial charge in [-0.3, -0.25) is 0 Å². The molecule has 0 amide bonds. The molecule has 0 aliphatic rings. The molecule has 56 heavy (non-hydrogen) atoms. The zero-order valence-electron chi connectivity index (χ0n) is 30.6. The van der Waals surface area contributed by atoms with Crippen LogP contribution in [0.1, 0.15) is 0 Å². The van der Waals surface area contributed by atoms with Gasteiger partial charge in [-0.1, -0.05) is 152 Å². The minimum absolute atomic E-state index is 0.901. The fourth-order valence-corrected chi connectivity index (χ4v) is 8.38. The zero-order chi connectivity index (χ0) is 37.0. The van der Waals surface area contributed by atoms with Gasteiger partial charge in [-0.15, -0.1) is 0 Å². The van der Waals surface area contributed by atoms with Crippen LogP contribution in [-0.2, 0) is 0 Å². The van der Waals surface area contributed by atoms with Crippen LogP contribution in [0.25, 0.3) is 87.6 Å². The Balaban J connectivity index is 0.992. The predicted molar refractivity (Wildman–Crippen MR) is 237 cm³/mol. The summed E-state index contributed by atoms with van der Waals surface area (Å²) in [6.45, 7) is 0. The Kier molecular flexibility index (Phi) is 7.53. The van der Waals surface area contributed by atoms with E-state index in [0.29, 0.717) is 0 Å². The van der Waals surface area contributed by atoms with E-state index in [1.54, 1.807) is 0 Å². The molecule has 0 saturated heterocycles. The average molecular weight is 714 g/mol. The van der Waals surface area contributed by atoms with Gasteiger partial charge in [0.15, 0.2) is 0 Å². The highest BCUT2D eigenvalue weighted by atomic mass is 16.3. The molecule has 0 bridgehead atoms. The number of hydrogen-bond acceptors (Lipinski definition) is 2. The number of anilines is 3. The third-order valence-corrected chi connectivity index (χ3v) is 11.2. The van der Waals surface area contributed by atoms with E-state index in [0.717, 1.165) is 55.5 Å². The second-order valence-corrected chi connectivity index (χ2v) is 14.5. The largest absolute Gasteiger partial charge is 0.455 e. The third-order valence-electron chi connectivity index (χ3n) is 11.2. The predicted octanol–water partition coefficient (Wildman–Crippen LogP) is 15.5. The maximum absolute atomic E-state index is 6.52. The van der Waals surface area contributed by atoms with Crippen LogP contribution in [-0.4, -0.2) is 0 Å². The van der Waals surface area contributed by atoms with Crippen LogP contribution in [0.3, 0.4) is 0 Å². The molecule has 10 aromatic carbocycles. The van der Waals surface area contributed by atoms with Crippen LogP contribution >= 0.6 is 0 Å². The number of furan rings is 1. The highest BCUT2D eigenvalue weighted by Gasteiger charge is 2.17. The van der Waals surface area contributed by atoms with E-state index in [1.807, 2.05) is 0 Å². The van der Waals surface area contributed by atoms with Crippen molar-refractivity contribution in [3.63, 3.8) is 0 Å². The average Bonchev–Trinajstić information content (AvgIpc) is 3.67. The van der Waals surface area contributed by atoms with Gasteiger partial charge in [0.05, 0.1) is 0 Å². The number of fused-ring (bicyclic) bond motifs is 7. The van der Waals surface area contributed by atoms with E-state index in [9.17, 15) is 0 Å². The molecule has 0 atom stereocenters. The molecule has 0 aliphatic heterocycles. The quantitative estimate of drug-likeness (QED) is 0.171.